The first-order chi connectivity index (χ1) is 7.86. The summed E-state index contributed by atoms with van der Waals surface area (Å²) in [4.78, 5) is 15.7. The Morgan fingerprint density at radius 3 is 2.81 bits per heavy atom. The molecule has 2 unspecified atom stereocenters. The largest absolute Gasteiger partial charge is 0.342 e. The monoisotopic (exact) mass is 235 g/mol. The van der Waals surface area contributed by atoms with Crippen LogP contribution in [0.3, 0.4) is 0 Å². The van der Waals surface area contributed by atoms with Crippen LogP contribution in [0.1, 0.15) is 36.5 Å². The lowest BCUT2D eigenvalue weighted by atomic mass is 10.1. The van der Waals surface area contributed by atoms with Crippen molar-refractivity contribution in [1.29, 1.82) is 0 Å². The fourth-order valence-corrected chi connectivity index (χ4v) is 3.54. The number of carbonyl (C=O) groups excluding carboxylic acids is 1. The van der Waals surface area contributed by atoms with Gasteiger partial charge in [-0.05, 0) is 37.1 Å². The normalized spacial score (nSPS) is 29.1. The van der Waals surface area contributed by atoms with Gasteiger partial charge in [0.15, 0.2) is 0 Å². The zero-order chi connectivity index (χ0) is 11.0. The van der Waals surface area contributed by atoms with Gasteiger partial charge < -0.3 is 4.90 Å². The molecule has 2 aliphatic rings. The number of nitrogens with zero attached hydrogens (tertiary/aromatic N) is 1. The minimum Gasteiger partial charge on any atom is -0.342 e. The average Bonchev–Trinajstić information content (AvgIpc) is 2.95. The predicted molar refractivity (Wildman–Crippen MR) is 65.6 cm³/mol. The molecule has 1 saturated heterocycles. The van der Waals surface area contributed by atoms with Gasteiger partial charge >= 0.3 is 0 Å². The van der Waals surface area contributed by atoms with Gasteiger partial charge in [0.05, 0.1) is 0 Å². The molecule has 1 saturated carbocycles. The summed E-state index contributed by atoms with van der Waals surface area (Å²) in [5.41, 5.74) is 0. The number of hydrogen-bond donors (Lipinski definition) is 0. The Bertz CT molecular complexity index is 367. The van der Waals surface area contributed by atoms with Crippen LogP contribution < -0.4 is 0 Å². The maximum Gasteiger partial charge on any atom is 0.226 e. The summed E-state index contributed by atoms with van der Waals surface area (Å²) in [7, 11) is 0. The van der Waals surface area contributed by atoms with Crippen molar-refractivity contribution in [2.24, 2.45) is 5.92 Å². The molecule has 1 aromatic rings. The van der Waals surface area contributed by atoms with E-state index in [1.54, 1.807) is 11.3 Å². The third-order valence-corrected chi connectivity index (χ3v) is 4.69. The Morgan fingerprint density at radius 2 is 2.12 bits per heavy atom. The first kappa shape index (κ1) is 10.3. The van der Waals surface area contributed by atoms with E-state index in [9.17, 15) is 4.79 Å². The van der Waals surface area contributed by atoms with Crippen molar-refractivity contribution in [3.05, 3.63) is 22.4 Å². The average molecular weight is 235 g/mol. The van der Waals surface area contributed by atoms with Crippen LogP contribution >= 0.6 is 11.3 Å². The lowest BCUT2D eigenvalue weighted by Gasteiger charge is -2.26. The van der Waals surface area contributed by atoms with Gasteiger partial charge in [0.25, 0.3) is 0 Å². The fraction of sp³-hybridized carbons (Fsp3) is 0.615. The van der Waals surface area contributed by atoms with Gasteiger partial charge in [-0.1, -0.05) is 6.07 Å². The van der Waals surface area contributed by atoms with E-state index in [2.05, 4.69) is 22.4 Å². The standard InChI is InChI=1S/C13H17NOS/c15-13(14-6-2-1-3-7-14)11-9-10(11)12-5-4-8-16-12/h4-5,8,10-11H,1-3,6-7,9H2. The van der Waals surface area contributed by atoms with E-state index in [0.29, 0.717) is 17.7 Å². The highest BCUT2D eigenvalue weighted by atomic mass is 32.1. The van der Waals surface area contributed by atoms with E-state index in [1.807, 2.05) is 0 Å². The molecule has 2 atom stereocenters. The Labute approximate surface area is 100 Å². The molecule has 1 aliphatic heterocycles. The molecule has 0 spiro atoms. The van der Waals surface area contributed by atoms with E-state index >= 15 is 0 Å². The summed E-state index contributed by atoms with van der Waals surface area (Å²) in [5, 5.41) is 2.11. The van der Waals surface area contributed by atoms with Gasteiger partial charge in [-0.15, -0.1) is 11.3 Å². The Hall–Kier alpha value is -0.830. The molecule has 2 fully saturated rings. The lowest BCUT2D eigenvalue weighted by Crippen LogP contribution is -2.36. The maximum absolute atomic E-state index is 12.2. The molecule has 2 nitrogen and oxygen atoms in total. The number of hydrogen-bond acceptors (Lipinski definition) is 2. The number of carbonyl (C=O) groups is 1. The Balaban J connectivity index is 1.61. The van der Waals surface area contributed by atoms with Gasteiger partial charge in [0, 0.05) is 29.8 Å². The number of rotatable bonds is 2. The SMILES string of the molecule is O=C(C1CC1c1cccs1)N1CCCCC1. The molecule has 2 heterocycles. The van der Waals surface area contributed by atoms with Crippen LogP contribution in [0.2, 0.25) is 0 Å². The third kappa shape index (κ3) is 1.88. The fourth-order valence-electron chi connectivity index (χ4n) is 2.63. The van der Waals surface area contributed by atoms with Gasteiger partial charge in [-0.25, -0.2) is 0 Å². The summed E-state index contributed by atoms with van der Waals surface area (Å²) in [6.45, 7) is 1.99. The molecular weight excluding hydrogens is 218 g/mol. The van der Waals surface area contributed by atoms with Crippen molar-refractivity contribution in [2.45, 2.75) is 31.6 Å². The minimum absolute atomic E-state index is 0.303. The van der Waals surface area contributed by atoms with Gasteiger partial charge in [-0.3, -0.25) is 4.79 Å². The summed E-state index contributed by atoms with van der Waals surface area (Å²) >= 11 is 1.79. The highest BCUT2D eigenvalue weighted by Crippen LogP contribution is 2.50. The van der Waals surface area contributed by atoms with E-state index in [0.717, 1.165) is 19.5 Å². The molecule has 1 aliphatic carbocycles. The van der Waals surface area contributed by atoms with Gasteiger partial charge in [0.1, 0.15) is 0 Å². The molecule has 86 valence electrons. The zero-order valence-electron chi connectivity index (χ0n) is 9.39. The summed E-state index contributed by atoms with van der Waals surface area (Å²) in [6, 6.07) is 4.25. The van der Waals surface area contributed by atoms with E-state index in [1.165, 1.54) is 24.1 Å². The van der Waals surface area contributed by atoms with Crippen LogP contribution in [0.15, 0.2) is 17.5 Å². The first-order valence-corrected chi connectivity index (χ1v) is 7.06. The molecule has 0 bridgehead atoms. The summed E-state index contributed by atoms with van der Waals surface area (Å²) in [6.07, 6.45) is 4.77. The predicted octanol–water partition coefficient (Wildman–Crippen LogP) is 2.86. The van der Waals surface area contributed by atoms with Crippen molar-refractivity contribution in [3.8, 4) is 0 Å². The van der Waals surface area contributed by atoms with Crippen molar-refractivity contribution >= 4 is 17.2 Å². The van der Waals surface area contributed by atoms with Crippen LogP contribution in [0.25, 0.3) is 0 Å². The van der Waals surface area contributed by atoms with E-state index in [-0.39, 0.29) is 0 Å². The van der Waals surface area contributed by atoms with Crippen LogP contribution in [0.5, 0.6) is 0 Å². The number of piperidine rings is 1. The van der Waals surface area contributed by atoms with Gasteiger partial charge in [-0.2, -0.15) is 0 Å². The van der Waals surface area contributed by atoms with Crippen LogP contribution in [-0.2, 0) is 4.79 Å². The smallest absolute Gasteiger partial charge is 0.226 e. The molecule has 1 amide bonds. The van der Waals surface area contributed by atoms with Crippen molar-refractivity contribution in [3.63, 3.8) is 0 Å². The second-order valence-electron chi connectivity index (χ2n) is 4.85. The molecular formula is C13H17NOS. The van der Waals surface area contributed by atoms with Gasteiger partial charge in [0.2, 0.25) is 5.91 Å². The van der Waals surface area contributed by atoms with Crippen LogP contribution in [0.4, 0.5) is 0 Å². The number of thiophene rings is 1. The van der Waals surface area contributed by atoms with Crippen molar-refractivity contribution in [2.75, 3.05) is 13.1 Å². The molecule has 16 heavy (non-hydrogen) atoms. The molecule has 0 N–H and O–H groups in total. The molecule has 3 heteroatoms. The second kappa shape index (κ2) is 4.21. The lowest BCUT2D eigenvalue weighted by molar-refractivity contribution is -0.133. The number of amides is 1. The Kier molecular flexibility index (Phi) is 2.72. The molecule has 0 aromatic carbocycles. The minimum atomic E-state index is 0.303. The second-order valence-corrected chi connectivity index (χ2v) is 5.83. The Morgan fingerprint density at radius 1 is 1.31 bits per heavy atom. The zero-order valence-corrected chi connectivity index (χ0v) is 10.2. The highest BCUT2D eigenvalue weighted by molar-refractivity contribution is 7.10. The summed E-state index contributed by atoms with van der Waals surface area (Å²) < 4.78 is 0. The summed E-state index contributed by atoms with van der Waals surface area (Å²) in [5.74, 6) is 1.25. The maximum atomic E-state index is 12.2. The van der Waals surface area contributed by atoms with Crippen LogP contribution in [-0.4, -0.2) is 23.9 Å². The van der Waals surface area contributed by atoms with Crippen molar-refractivity contribution in [1.82, 2.24) is 4.90 Å². The van der Waals surface area contributed by atoms with E-state index < -0.39 is 0 Å². The molecule has 3 rings (SSSR count). The van der Waals surface area contributed by atoms with Crippen LogP contribution in [0, 0.1) is 5.92 Å². The first-order valence-electron chi connectivity index (χ1n) is 6.18. The molecule has 1 aromatic heterocycles. The number of likely N-dealkylation sites (tertiary alicyclic amines) is 1. The molecule has 0 radical (unpaired) electrons. The topological polar surface area (TPSA) is 20.3 Å². The van der Waals surface area contributed by atoms with Crippen molar-refractivity contribution < 1.29 is 4.79 Å². The van der Waals surface area contributed by atoms with E-state index in [4.69, 9.17) is 0 Å². The highest BCUT2D eigenvalue weighted by Gasteiger charge is 2.46. The third-order valence-electron chi connectivity index (χ3n) is 3.68. The quantitative estimate of drug-likeness (QED) is 0.772.